The van der Waals surface area contributed by atoms with Crippen molar-refractivity contribution in [1.29, 1.82) is 0 Å². The average molecular weight is 242 g/mol. The van der Waals surface area contributed by atoms with Crippen molar-refractivity contribution in [1.82, 2.24) is 15.3 Å². The minimum absolute atomic E-state index is 0.189. The first kappa shape index (κ1) is 12.2. The van der Waals surface area contributed by atoms with Crippen molar-refractivity contribution in [2.24, 2.45) is 5.73 Å². The van der Waals surface area contributed by atoms with Crippen LogP contribution in [0.15, 0.2) is 43.0 Å². The third kappa shape index (κ3) is 3.36. The highest BCUT2D eigenvalue weighted by atomic mass is 16.1. The number of carbonyl (C=O) groups excluding carboxylic acids is 1. The summed E-state index contributed by atoms with van der Waals surface area (Å²) in [5, 5.41) is 2.96. The van der Waals surface area contributed by atoms with E-state index in [1.807, 2.05) is 24.3 Å². The molecule has 0 aliphatic rings. The molecule has 1 aromatic heterocycles. The van der Waals surface area contributed by atoms with Crippen molar-refractivity contribution >= 4 is 5.91 Å². The number of nitrogens with one attached hydrogen (secondary N) is 1. The summed E-state index contributed by atoms with van der Waals surface area (Å²) in [4.78, 5) is 18.5. The summed E-state index contributed by atoms with van der Waals surface area (Å²) in [5.41, 5.74) is 8.18. The van der Waals surface area contributed by atoms with Crippen LogP contribution in [0.4, 0.5) is 0 Å². The molecule has 5 heteroatoms. The molecule has 0 unspecified atom stereocenters. The number of hydrogen-bond acceptors (Lipinski definition) is 4. The Morgan fingerprint density at radius 1 is 1.11 bits per heavy atom. The zero-order valence-corrected chi connectivity index (χ0v) is 9.84. The molecule has 18 heavy (non-hydrogen) atoms. The number of rotatable bonds is 5. The van der Waals surface area contributed by atoms with Gasteiger partial charge in [0.2, 0.25) is 5.91 Å². The highest BCUT2D eigenvalue weighted by molar-refractivity contribution is 5.75. The van der Waals surface area contributed by atoms with Gasteiger partial charge in [0.25, 0.3) is 0 Å². The largest absolute Gasteiger partial charge is 0.369 e. The number of aromatic nitrogens is 2. The molecule has 1 aromatic carbocycles. The van der Waals surface area contributed by atoms with Crippen LogP contribution in [0.1, 0.15) is 5.56 Å². The molecule has 0 fully saturated rings. The Labute approximate surface area is 105 Å². The second kappa shape index (κ2) is 5.88. The molecule has 0 aliphatic heterocycles. The maximum absolute atomic E-state index is 10.6. The fraction of sp³-hybridized carbons (Fsp3) is 0.154. The molecular formula is C13H14N4O. The van der Waals surface area contributed by atoms with Crippen LogP contribution in [0, 0.1) is 0 Å². The number of amides is 1. The monoisotopic (exact) mass is 242 g/mol. The molecule has 0 radical (unpaired) electrons. The zero-order valence-electron chi connectivity index (χ0n) is 9.84. The highest BCUT2D eigenvalue weighted by Gasteiger charge is 1.99. The maximum atomic E-state index is 10.6. The van der Waals surface area contributed by atoms with Gasteiger partial charge in [-0.1, -0.05) is 24.3 Å². The first-order valence-electron chi connectivity index (χ1n) is 5.59. The molecule has 3 N–H and O–H groups in total. The van der Waals surface area contributed by atoms with E-state index in [2.05, 4.69) is 15.3 Å². The molecule has 0 atom stereocenters. The van der Waals surface area contributed by atoms with E-state index < -0.39 is 0 Å². The van der Waals surface area contributed by atoms with Crippen molar-refractivity contribution in [3.05, 3.63) is 48.5 Å². The first-order chi connectivity index (χ1) is 8.75. The van der Waals surface area contributed by atoms with E-state index >= 15 is 0 Å². The number of benzene rings is 1. The Bertz CT molecular complexity index is 510. The van der Waals surface area contributed by atoms with E-state index in [0.29, 0.717) is 6.54 Å². The molecule has 2 rings (SSSR count). The van der Waals surface area contributed by atoms with Gasteiger partial charge in [-0.25, -0.2) is 9.97 Å². The zero-order chi connectivity index (χ0) is 12.8. The maximum Gasteiger partial charge on any atom is 0.231 e. The molecule has 0 saturated carbocycles. The molecule has 1 heterocycles. The fourth-order valence-electron chi connectivity index (χ4n) is 1.59. The van der Waals surface area contributed by atoms with Gasteiger partial charge in [0.1, 0.15) is 6.33 Å². The molecule has 0 bridgehead atoms. The third-order valence-corrected chi connectivity index (χ3v) is 2.48. The van der Waals surface area contributed by atoms with E-state index in [4.69, 9.17) is 5.73 Å². The fourth-order valence-corrected chi connectivity index (χ4v) is 1.59. The molecule has 0 aliphatic carbocycles. The van der Waals surface area contributed by atoms with E-state index in [1.165, 1.54) is 6.33 Å². The van der Waals surface area contributed by atoms with E-state index in [9.17, 15) is 4.79 Å². The van der Waals surface area contributed by atoms with Gasteiger partial charge < -0.3 is 11.1 Å². The van der Waals surface area contributed by atoms with Crippen LogP contribution in [-0.4, -0.2) is 22.4 Å². The molecule has 0 saturated heterocycles. The number of primary amides is 1. The van der Waals surface area contributed by atoms with Gasteiger partial charge in [0.05, 0.1) is 6.54 Å². The topological polar surface area (TPSA) is 80.9 Å². The van der Waals surface area contributed by atoms with Crippen LogP contribution in [0.2, 0.25) is 0 Å². The van der Waals surface area contributed by atoms with Gasteiger partial charge in [0, 0.05) is 24.5 Å². The summed E-state index contributed by atoms with van der Waals surface area (Å²) in [6, 6.07) is 7.99. The summed E-state index contributed by atoms with van der Waals surface area (Å²) in [6.45, 7) is 0.808. The van der Waals surface area contributed by atoms with Crippen molar-refractivity contribution in [2.75, 3.05) is 6.54 Å². The lowest BCUT2D eigenvalue weighted by Crippen LogP contribution is -2.28. The normalized spacial score (nSPS) is 10.2. The molecule has 0 spiro atoms. The van der Waals surface area contributed by atoms with Crippen LogP contribution in [0.3, 0.4) is 0 Å². The predicted molar refractivity (Wildman–Crippen MR) is 68.4 cm³/mol. The lowest BCUT2D eigenvalue weighted by atomic mass is 10.1. The second-order valence-corrected chi connectivity index (χ2v) is 3.89. The van der Waals surface area contributed by atoms with E-state index in [-0.39, 0.29) is 12.5 Å². The molecule has 92 valence electrons. The van der Waals surface area contributed by atoms with Crippen LogP contribution in [-0.2, 0) is 11.3 Å². The van der Waals surface area contributed by atoms with Crippen LogP contribution in [0.25, 0.3) is 11.1 Å². The van der Waals surface area contributed by atoms with Gasteiger partial charge in [-0.3, -0.25) is 4.79 Å². The number of hydrogen-bond donors (Lipinski definition) is 2. The van der Waals surface area contributed by atoms with Crippen LogP contribution >= 0.6 is 0 Å². The van der Waals surface area contributed by atoms with Crippen molar-refractivity contribution in [2.45, 2.75) is 6.54 Å². The van der Waals surface area contributed by atoms with Gasteiger partial charge in [-0.2, -0.15) is 0 Å². The predicted octanol–water partition coefficient (Wildman–Crippen LogP) is 0.718. The van der Waals surface area contributed by atoms with E-state index in [1.54, 1.807) is 12.4 Å². The Balaban J connectivity index is 2.00. The lowest BCUT2D eigenvalue weighted by Gasteiger charge is -2.04. The summed E-state index contributed by atoms with van der Waals surface area (Å²) in [6.07, 6.45) is 5.05. The summed E-state index contributed by atoms with van der Waals surface area (Å²) in [7, 11) is 0. The molecule has 5 nitrogen and oxygen atoms in total. The van der Waals surface area contributed by atoms with Crippen molar-refractivity contribution < 1.29 is 4.79 Å². The van der Waals surface area contributed by atoms with Gasteiger partial charge in [-0.05, 0) is 11.1 Å². The van der Waals surface area contributed by atoms with Gasteiger partial charge >= 0.3 is 0 Å². The van der Waals surface area contributed by atoms with Crippen molar-refractivity contribution in [3.8, 4) is 11.1 Å². The minimum Gasteiger partial charge on any atom is -0.369 e. The standard InChI is InChI=1S/C13H14N4O/c14-13(18)8-15-5-10-1-3-11(4-2-10)12-6-16-9-17-7-12/h1-4,6-7,9,15H,5,8H2,(H2,14,18). The summed E-state index contributed by atoms with van der Waals surface area (Å²) < 4.78 is 0. The second-order valence-electron chi connectivity index (χ2n) is 3.89. The van der Waals surface area contributed by atoms with Gasteiger partial charge in [-0.15, -0.1) is 0 Å². The summed E-state index contributed by atoms with van der Waals surface area (Å²) >= 11 is 0. The van der Waals surface area contributed by atoms with Crippen molar-refractivity contribution in [3.63, 3.8) is 0 Å². The molecular weight excluding hydrogens is 228 g/mol. The van der Waals surface area contributed by atoms with Crippen LogP contribution in [0.5, 0.6) is 0 Å². The van der Waals surface area contributed by atoms with Crippen LogP contribution < -0.4 is 11.1 Å². The Morgan fingerprint density at radius 2 is 1.78 bits per heavy atom. The Kier molecular flexibility index (Phi) is 3.98. The first-order valence-corrected chi connectivity index (χ1v) is 5.59. The molecule has 1 amide bonds. The number of carbonyl (C=O) groups is 1. The summed E-state index contributed by atoms with van der Waals surface area (Å²) in [5.74, 6) is -0.354. The van der Waals surface area contributed by atoms with Gasteiger partial charge in [0.15, 0.2) is 0 Å². The van der Waals surface area contributed by atoms with E-state index in [0.717, 1.165) is 16.7 Å². The smallest absolute Gasteiger partial charge is 0.231 e. The minimum atomic E-state index is -0.354. The Morgan fingerprint density at radius 3 is 2.39 bits per heavy atom. The quantitative estimate of drug-likeness (QED) is 0.809. The third-order valence-electron chi connectivity index (χ3n) is 2.48. The molecule has 2 aromatic rings. The average Bonchev–Trinajstić information content (AvgIpc) is 2.40. The number of nitrogens with two attached hydrogens (primary N) is 1. The number of nitrogens with zero attached hydrogens (tertiary/aromatic N) is 2. The highest BCUT2D eigenvalue weighted by Crippen LogP contribution is 2.17. The lowest BCUT2D eigenvalue weighted by molar-refractivity contribution is -0.117. The Hall–Kier alpha value is -2.27. The SMILES string of the molecule is NC(=O)CNCc1ccc(-c2cncnc2)cc1.